The number of sulfone groups is 1. The second-order valence-corrected chi connectivity index (χ2v) is 8.80. The van der Waals surface area contributed by atoms with Crippen molar-refractivity contribution in [1.29, 1.82) is 0 Å². The Morgan fingerprint density at radius 2 is 1.82 bits per heavy atom. The van der Waals surface area contributed by atoms with Gasteiger partial charge < -0.3 is 10.1 Å². The number of carbonyl (C=O) groups is 1. The smallest absolute Gasteiger partial charge is 0.321 e. The Balaban J connectivity index is 1.61. The van der Waals surface area contributed by atoms with Crippen molar-refractivity contribution in [2.24, 2.45) is 0 Å². The Morgan fingerprint density at radius 3 is 2.46 bits per heavy atom. The molecule has 2 aromatic carbocycles. The van der Waals surface area contributed by atoms with Crippen LogP contribution in [0.5, 0.6) is 5.75 Å². The lowest BCUT2D eigenvalue weighted by Crippen LogP contribution is -2.28. The number of ether oxygens (including phenoxy) is 1. The molecule has 0 spiro atoms. The Hall–Kier alpha value is -2.98. The molecule has 28 heavy (non-hydrogen) atoms. The van der Waals surface area contributed by atoms with Crippen LogP contribution in [-0.4, -0.2) is 26.5 Å². The molecule has 0 aliphatic carbocycles. The number of thiazole rings is 1. The number of benzene rings is 2. The number of carbonyl (C=O) groups excluding carboxylic acids is 1. The van der Waals surface area contributed by atoms with Gasteiger partial charge in [-0.2, -0.15) is 0 Å². The number of amides is 2. The third-order valence-electron chi connectivity index (χ3n) is 3.71. The number of urea groups is 1. The first-order chi connectivity index (χ1) is 13.4. The van der Waals surface area contributed by atoms with E-state index in [1.54, 1.807) is 19.2 Å². The van der Waals surface area contributed by atoms with E-state index in [4.69, 9.17) is 4.74 Å². The predicted octanol–water partition coefficient (Wildman–Crippen LogP) is 3.45. The summed E-state index contributed by atoms with van der Waals surface area (Å²) in [5.41, 5.74) is 0.870. The van der Waals surface area contributed by atoms with Crippen molar-refractivity contribution in [2.45, 2.75) is 15.6 Å². The fraction of sp³-hybridized carbons (Fsp3) is 0.111. The zero-order valence-electron chi connectivity index (χ0n) is 14.7. The Labute approximate surface area is 165 Å². The highest BCUT2D eigenvalue weighted by Crippen LogP contribution is 2.28. The van der Waals surface area contributed by atoms with Crippen LogP contribution in [0.4, 0.5) is 14.3 Å². The minimum absolute atomic E-state index is 0.0481. The summed E-state index contributed by atoms with van der Waals surface area (Å²) >= 11 is 0.812. The van der Waals surface area contributed by atoms with Crippen molar-refractivity contribution in [2.75, 3.05) is 12.4 Å². The van der Waals surface area contributed by atoms with Crippen molar-refractivity contribution in [3.8, 4) is 5.75 Å². The van der Waals surface area contributed by atoms with Crippen LogP contribution in [0, 0.1) is 5.82 Å². The fourth-order valence-corrected chi connectivity index (χ4v) is 4.67. The van der Waals surface area contributed by atoms with E-state index in [9.17, 15) is 17.6 Å². The highest BCUT2D eigenvalue weighted by molar-refractivity contribution is 7.93. The van der Waals surface area contributed by atoms with Crippen LogP contribution in [0.25, 0.3) is 0 Å². The third kappa shape index (κ3) is 4.65. The average molecular weight is 421 g/mol. The number of nitrogens with one attached hydrogen (secondary N) is 2. The van der Waals surface area contributed by atoms with Crippen LogP contribution >= 0.6 is 11.3 Å². The van der Waals surface area contributed by atoms with Crippen LogP contribution in [0.15, 0.2) is 63.8 Å². The van der Waals surface area contributed by atoms with E-state index in [0.717, 1.165) is 35.2 Å². The lowest BCUT2D eigenvalue weighted by atomic mass is 10.2. The van der Waals surface area contributed by atoms with E-state index in [1.807, 2.05) is 12.1 Å². The van der Waals surface area contributed by atoms with Crippen LogP contribution < -0.4 is 15.4 Å². The summed E-state index contributed by atoms with van der Waals surface area (Å²) < 4.78 is 43.0. The molecule has 0 saturated carbocycles. The molecule has 0 unspecified atom stereocenters. The SMILES string of the molecule is COc1ccc(CNC(=O)Nc2ncc(S(=O)(=O)c3ccc(F)cc3)s2)cc1. The molecule has 0 bridgehead atoms. The molecule has 3 rings (SSSR count). The molecule has 0 saturated heterocycles. The second-order valence-electron chi connectivity index (χ2n) is 5.60. The molecular formula is C18H16FN3O4S2. The van der Waals surface area contributed by atoms with E-state index in [2.05, 4.69) is 15.6 Å². The van der Waals surface area contributed by atoms with E-state index in [0.29, 0.717) is 5.75 Å². The summed E-state index contributed by atoms with van der Waals surface area (Å²) in [5.74, 6) is 0.185. The minimum Gasteiger partial charge on any atom is -0.497 e. The van der Waals surface area contributed by atoms with Crippen LogP contribution in [0.1, 0.15) is 5.56 Å². The maximum Gasteiger partial charge on any atom is 0.321 e. The number of anilines is 1. The van der Waals surface area contributed by atoms with Crippen molar-refractivity contribution in [1.82, 2.24) is 10.3 Å². The number of hydrogen-bond donors (Lipinski definition) is 2. The summed E-state index contributed by atoms with van der Waals surface area (Å²) in [5, 5.41) is 5.28. The van der Waals surface area contributed by atoms with Crippen LogP contribution in [-0.2, 0) is 16.4 Å². The molecular weight excluding hydrogens is 405 g/mol. The molecule has 0 fully saturated rings. The molecule has 146 valence electrons. The van der Waals surface area contributed by atoms with E-state index >= 15 is 0 Å². The van der Waals surface area contributed by atoms with Crippen molar-refractivity contribution in [3.05, 3.63) is 66.1 Å². The number of aromatic nitrogens is 1. The molecule has 1 heterocycles. The normalized spacial score (nSPS) is 11.1. The highest BCUT2D eigenvalue weighted by atomic mass is 32.2. The second kappa shape index (κ2) is 8.36. The van der Waals surface area contributed by atoms with Gasteiger partial charge in [0.25, 0.3) is 0 Å². The summed E-state index contributed by atoms with van der Waals surface area (Å²) in [6.07, 6.45) is 1.16. The first-order valence-corrected chi connectivity index (χ1v) is 10.3. The highest BCUT2D eigenvalue weighted by Gasteiger charge is 2.21. The van der Waals surface area contributed by atoms with Gasteiger partial charge in [-0.05, 0) is 42.0 Å². The molecule has 2 N–H and O–H groups in total. The number of rotatable bonds is 6. The van der Waals surface area contributed by atoms with Crippen LogP contribution in [0.2, 0.25) is 0 Å². The molecule has 2 amide bonds. The summed E-state index contributed by atoms with van der Waals surface area (Å²) in [6.45, 7) is 0.280. The summed E-state index contributed by atoms with van der Waals surface area (Å²) in [6, 6.07) is 11.2. The molecule has 3 aromatic rings. The van der Waals surface area contributed by atoms with E-state index in [1.165, 1.54) is 12.1 Å². The molecule has 0 aliphatic rings. The molecule has 0 atom stereocenters. The van der Waals surface area contributed by atoms with Gasteiger partial charge in [-0.1, -0.05) is 23.5 Å². The summed E-state index contributed by atoms with van der Waals surface area (Å²) in [7, 11) is -2.26. The largest absolute Gasteiger partial charge is 0.497 e. The lowest BCUT2D eigenvalue weighted by molar-refractivity contribution is 0.251. The zero-order chi connectivity index (χ0) is 20.1. The van der Waals surface area contributed by atoms with Crippen LogP contribution in [0.3, 0.4) is 0 Å². The van der Waals surface area contributed by atoms with E-state index in [-0.39, 0.29) is 20.8 Å². The van der Waals surface area contributed by atoms with Gasteiger partial charge in [-0.3, -0.25) is 5.32 Å². The van der Waals surface area contributed by atoms with Gasteiger partial charge in [0, 0.05) is 6.54 Å². The van der Waals surface area contributed by atoms with Gasteiger partial charge in [0.05, 0.1) is 18.2 Å². The van der Waals surface area contributed by atoms with E-state index < -0.39 is 21.7 Å². The first-order valence-electron chi connectivity index (χ1n) is 8.03. The Morgan fingerprint density at radius 1 is 1.14 bits per heavy atom. The Kier molecular flexibility index (Phi) is 5.90. The minimum atomic E-state index is -3.83. The van der Waals surface area contributed by atoms with Gasteiger partial charge >= 0.3 is 6.03 Å². The Bertz CT molecular complexity index is 1060. The summed E-state index contributed by atoms with van der Waals surface area (Å²) in [4.78, 5) is 15.9. The lowest BCUT2D eigenvalue weighted by Gasteiger charge is -2.06. The monoisotopic (exact) mass is 421 g/mol. The number of nitrogens with zero attached hydrogens (tertiary/aromatic N) is 1. The molecule has 0 radical (unpaired) electrons. The first kappa shape index (κ1) is 19.8. The maximum atomic E-state index is 13.0. The topological polar surface area (TPSA) is 97.4 Å². The van der Waals surface area contributed by atoms with Crippen molar-refractivity contribution in [3.63, 3.8) is 0 Å². The number of halogens is 1. The van der Waals surface area contributed by atoms with Gasteiger partial charge in [0.2, 0.25) is 9.84 Å². The van der Waals surface area contributed by atoms with Crippen molar-refractivity contribution < 1.29 is 22.3 Å². The fourth-order valence-electron chi connectivity index (χ4n) is 2.24. The van der Waals surface area contributed by atoms with Gasteiger partial charge in [-0.25, -0.2) is 22.6 Å². The maximum absolute atomic E-state index is 13.0. The number of hydrogen-bond acceptors (Lipinski definition) is 6. The van der Waals surface area contributed by atoms with Gasteiger partial charge in [-0.15, -0.1) is 0 Å². The molecule has 1 aromatic heterocycles. The van der Waals surface area contributed by atoms with Crippen molar-refractivity contribution >= 4 is 32.3 Å². The predicted molar refractivity (Wildman–Crippen MR) is 103 cm³/mol. The number of methoxy groups -OCH3 is 1. The van der Waals surface area contributed by atoms with Gasteiger partial charge in [0.1, 0.15) is 15.8 Å². The average Bonchev–Trinajstić information content (AvgIpc) is 3.16. The third-order valence-corrected chi connectivity index (χ3v) is 6.85. The quantitative estimate of drug-likeness (QED) is 0.594. The van der Waals surface area contributed by atoms with Gasteiger partial charge in [0.15, 0.2) is 5.13 Å². The molecule has 10 heteroatoms. The molecule has 7 nitrogen and oxygen atoms in total. The standard InChI is InChI=1S/C18H16FN3O4S2/c1-26-14-6-2-12(3-7-14)10-20-17(23)22-18-21-11-16(27-18)28(24,25)15-8-4-13(19)5-9-15/h2-9,11H,10H2,1H3,(H2,20,21,22,23). The zero-order valence-corrected chi connectivity index (χ0v) is 16.3. The molecule has 0 aliphatic heterocycles.